The summed E-state index contributed by atoms with van der Waals surface area (Å²) in [5, 5.41) is 0.703. The predicted octanol–water partition coefficient (Wildman–Crippen LogP) is 6.03. The lowest BCUT2D eigenvalue weighted by Crippen LogP contribution is -2.25. The molecule has 19 heavy (non-hydrogen) atoms. The molecular formula is C18H32S. The van der Waals surface area contributed by atoms with Crippen LogP contribution in [0.25, 0.3) is 0 Å². The molecule has 0 heterocycles. The molecule has 2 saturated carbocycles. The van der Waals surface area contributed by atoms with E-state index < -0.39 is 0 Å². The number of hydrogen-bond acceptors (Lipinski definition) is 1. The van der Waals surface area contributed by atoms with Gasteiger partial charge in [0.1, 0.15) is 0 Å². The second kappa shape index (κ2) is 8.39. The molecule has 0 atom stereocenters. The van der Waals surface area contributed by atoms with Crippen molar-refractivity contribution in [2.75, 3.05) is 0 Å². The highest BCUT2D eigenvalue weighted by Crippen LogP contribution is 2.41. The maximum atomic E-state index is 4.63. The van der Waals surface area contributed by atoms with Gasteiger partial charge in [-0.05, 0) is 75.5 Å². The van der Waals surface area contributed by atoms with Crippen LogP contribution in [0.15, 0.2) is 12.2 Å². The smallest absolute Gasteiger partial charge is 0.00170 e. The molecule has 0 bridgehead atoms. The number of hydrogen-bond donors (Lipinski definition) is 1. The molecule has 2 aliphatic rings. The third-order valence-electron chi connectivity index (χ3n) is 5.36. The lowest BCUT2D eigenvalue weighted by molar-refractivity contribution is 0.182. The SMILES string of the molecule is CCCC/C=C/C1CCC(C2CCC(S)CC2)CC1. The average Bonchev–Trinajstić information content (AvgIpc) is 2.45. The second-order valence-corrected chi connectivity index (χ2v) is 7.54. The van der Waals surface area contributed by atoms with E-state index >= 15 is 0 Å². The third kappa shape index (κ3) is 5.17. The maximum Gasteiger partial charge on any atom is 0.00170 e. The van der Waals surface area contributed by atoms with E-state index in [0.717, 1.165) is 17.8 Å². The quantitative estimate of drug-likeness (QED) is 0.355. The first kappa shape index (κ1) is 15.5. The molecule has 2 fully saturated rings. The van der Waals surface area contributed by atoms with Crippen molar-refractivity contribution in [3.63, 3.8) is 0 Å². The van der Waals surface area contributed by atoms with Crippen molar-refractivity contribution in [3.8, 4) is 0 Å². The van der Waals surface area contributed by atoms with E-state index in [9.17, 15) is 0 Å². The van der Waals surface area contributed by atoms with Crippen LogP contribution in [0.1, 0.15) is 77.6 Å². The van der Waals surface area contributed by atoms with Gasteiger partial charge in [0, 0.05) is 5.25 Å². The Morgan fingerprint density at radius 1 is 0.895 bits per heavy atom. The number of allylic oxidation sites excluding steroid dienone is 2. The lowest BCUT2D eigenvalue weighted by atomic mass is 9.71. The molecule has 0 unspecified atom stereocenters. The van der Waals surface area contributed by atoms with Crippen molar-refractivity contribution in [1.29, 1.82) is 0 Å². The van der Waals surface area contributed by atoms with Crippen LogP contribution >= 0.6 is 12.6 Å². The largest absolute Gasteiger partial charge is 0.176 e. The molecule has 0 aliphatic heterocycles. The van der Waals surface area contributed by atoms with Crippen molar-refractivity contribution in [2.24, 2.45) is 17.8 Å². The van der Waals surface area contributed by atoms with Crippen LogP contribution in [0.3, 0.4) is 0 Å². The van der Waals surface area contributed by atoms with E-state index in [-0.39, 0.29) is 0 Å². The molecule has 2 rings (SSSR count). The van der Waals surface area contributed by atoms with Gasteiger partial charge in [-0.3, -0.25) is 0 Å². The van der Waals surface area contributed by atoms with Gasteiger partial charge < -0.3 is 0 Å². The summed E-state index contributed by atoms with van der Waals surface area (Å²) in [6.45, 7) is 2.28. The van der Waals surface area contributed by atoms with Gasteiger partial charge in [0.2, 0.25) is 0 Å². The van der Waals surface area contributed by atoms with E-state index in [1.165, 1.54) is 70.6 Å². The Labute approximate surface area is 125 Å². The summed E-state index contributed by atoms with van der Waals surface area (Å²) in [4.78, 5) is 0. The van der Waals surface area contributed by atoms with Gasteiger partial charge >= 0.3 is 0 Å². The summed E-state index contributed by atoms with van der Waals surface area (Å²) in [7, 11) is 0. The molecule has 0 aromatic carbocycles. The Morgan fingerprint density at radius 3 is 2.05 bits per heavy atom. The Bertz CT molecular complexity index is 255. The first-order valence-electron chi connectivity index (χ1n) is 8.64. The summed E-state index contributed by atoms with van der Waals surface area (Å²) in [6.07, 6.45) is 20.5. The minimum Gasteiger partial charge on any atom is -0.176 e. The molecular weight excluding hydrogens is 248 g/mol. The monoisotopic (exact) mass is 280 g/mol. The molecule has 2 aliphatic carbocycles. The topological polar surface area (TPSA) is 0 Å². The van der Waals surface area contributed by atoms with E-state index in [0.29, 0.717) is 5.25 Å². The van der Waals surface area contributed by atoms with Crippen LogP contribution in [0.5, 0.6) is 0 Å². The van der Waals surface area contributed by atoms with Crippen LogP contribution in [0, 0.1) is 17.8 Å². The molecule has 0 amide bonds. The first-order chi connectivity index (χ1) is 9.29. The van der Waals surface area contributed by atoms with Crippen molar-refractivity contribution in [2.45, 2.75) is 82.8 Å². The molecule has 0 spiro atoms. The minimum absolute atomic E-state index is 0.703. The lowest BCUT2D eigenvalue weighted by Gasteiger charge is -2.36. The molecule has 0 aromatic heterocycles. The Hall–Kier alpha value is 0.0900. The predicted molar refractivity (Wildman–Crippen MR) is 88.8 cm³/mol. The van der Waals surface area contributed by atoms with Crippen molar-refractivity contribution in [3.05, 3.63) is 12.2 Å². The number of unbranched alkanes of at least 4 members (excludes halogenated alkanes) is 2. The molecule has 0 saturated heterocycles. The van der Waals surface area contributed by atoms with E-state index in [2.05, 4.69) is 31.7 Å². The van der Waals surface area contributed by atoms with Gasteiger partial charge in [-0.1, -0.05) is 31.9 Å². The van der Waals surface area contributed by atoms with Crippen molar-refractivity contribution >= 4 is 12.6 Å². The van der Waals surface area contributed by atoms with E-state index in [1.54, 1.807) is 0 Å². The molecule has 0 N–H and O–H groups in total. The molecule has 1 heteroatoms. The van der Waals surface area contributed by atoms with Crippen LogP contribution in [0.4, 0.5) is 0 Å². The highest BCUT2D eigenvalue weighted by Gasteiger charge is 2.29. The molecule has 110 valence electrons. The standard InChI is InChI=1S/C18H32S/c1-2-3-4-5-6-15-7-9-16(10-8-15)17-11-13-18(19)14-12-17/h5-6,15-19H,2-4,7-14H2,1H3/b6-5+. The zero-order valence-electron chi connectivity index (χ0n) is 12.7. The van der Waals surface area contributed by atoms with Crippen LogP contribution in [-0.2, 0) is 0 Å². The van der Waals surface area contributed by atoms with Crippen molar-refractivity contribution < 1.29 is 0 Å². The van der Waals surface area contributed by atoms with Gasteiger partial charge in [0.25, 0.3) is 0 Å². The molecule has 0 nitrogen and oxygen atoms in total. The molecule has 0 radical (unpaired) electrons. The summed E-state index contributed by atoms with van der Waals surface area (Å²) >= 11 is 4.63. The number of thiol groups is 1. The summed E-state index contributed by atoms with van der Waals surface area (Å²) in [5.41, 5.74) is 0. The number of rotatable bonds is 5. The second-order valence-electron chi connectivity index (χ2n) is 6.81. The fourth-order valence-electron chi connectivity index (χ4n) is 3.99. The Kier molecular flexibility index (Phi) is 6.84. The van der Waals surface area contributed by atoms with Gasteiger partial charge in [0.05, 0.1) is 0 Å². The fourth-order valence-corrected chi connectivity index (χ4v) is 4.29. The van der Waals surface area contributed by atoms with E-state index in [4.69, 9.17) is 0 Å². The van der Waals surface area contributed by atoms with Crippen LogP contribution < -0.4 is 0 Å². The van der Waals surface area contributed by atoms with Crippen LogP contribution in [0.2, 0.25) is 0 Å². The Morgan fingerprint density at radius 2 is 1.47 bits per heavy atom. The van der Waals surface area contributed by atoms with Gasteiger partial charge in [0.15, 0.2) is 0 Å². The first-order valence-corrected chi connectivity index (χ1v) is 9.16. The molecule has 0 aromatic rings. The third-order valence-corrected chi connectivity index (χ3v) is 5.87. The highest BCUT2D eigenvalue weighted by molar-refractivity contribution is 7.80. The Balaban J connectivity index is 1.66. The van der Waals surface area contributed by atoms with Gasteiger partial charge in [-0.25, -0.2) is 0 Å². The summed E-state index contributed by atoms with van der Waals surface area (Å²) in [5.74, 6) is 2.98. The van der Waals surface area contributed by atoms with Gasteiger partial charge in [-0.2, -0.15) is 12.6 Å². The zero-order valence-corrected chi connectivity index (χ0v) is 13.6. The normalized spacial score (nSPS) is 36.7. The zero-order chi connectivity index (χ0) is 13.5. The van der Waals surface area contributed by atoms with Crippen LogP contribution in [-0.4, -0.2) is 5.25 Å². The minimum atomic E-state index is 0.703. The van der Waals surface area contributed by atoms with E-state index in [1.807, 2.05) is 0 Å². The van der Waals surface area contributed by atoms with Gasteiger partial charge in [-0.15, -0.1) is 0 Å². The maximum absolute atomic E-state index is 4.63. The highest BCUT2D eigenvalue weighted by atomic mass is 32.1. The fraction of sp³-hybridized carbons (Fsp3) is 0.889. The summed E-state index contributed by atoms with van der Waals surface area (Å²) < 4.78 is 0. The average molecular weight is 281 g/mol. The summed E-state index contributed by atoms with van der Waals surface area (Å²) in [6, 6.07) is 0. The van der Waals surface area contributed by atoms with Crippen molar-refractivity contribution in [1.82, 2.24) is 0 Å².